The highest BCUT2D eigenvalue weighted by Gasteiger charge is 2.31. The van der Waals surface area contributed by atoms with Crippen LogP contribution in [-0.4, -0.2) is 32.8 Å². The number of nitrogens with one attached hydrogen (secondary N) is 2. The van der Waals surface area contributed by atoms with Gasteiger partial charge in [0.15, 0.2) is 0 Å². The number of rotatable bonds is 6. The summed E-state index contributed by atoms with van der Waals surface area (Å²) < 4.78 is 39.0. The Hall–Kier alpha value is -4.21. The van der Waals surface area contributed by atoms with E-state index in [1.165, 1.54) is 18.2 Å². The lowest BCUT2D eigenvalue weighted by atomic mass is 10.0. The summed E-state index contributed by atoms with van der Waals surface area (Å²) in [4.78, 5) is 36.5. The zero-order chi connectivity index (χ0) is 23.6. The Morgan fingerprint density at radius 1 is 1.06 bits per heavy atom. The first-order valence-corrected chi connectivity index (χ1v) is 9.88. The molecule has 4 N–H and O–H groups in total. The van der Waals surface area contributed by atoms with E-state index in [9.17, 15) is 22.8 Å². The summed E-state index contributed by atoms with van der Waals surface area (Å²) in [6.45, 7) is 0. The minimum Gasteiger partial charge on any atom is -0.368 e. The van der Waals surface area contributed by atoms with Crippen molar-refractivity contribution in [2.75, 3.05) is 0 Å². The quantitative estimate of drug-likeness (QED) is 0.415. The van der Waals surface area contributed by atoms with E-state index in [2.05, 4.69) is 20.3 Å². The number of fused-ring (bicyclic) bond motifs is 1. The van der Waals surface area contributed by atoms with Crippen molar-refractivity contribution in [1.29, 1.82) is 0 Å². The third-order valence-corrected chi connectivity index (χ3v) is 5.05. The minimum absolute atomic E-state index is 0.191. The molecule has 0 aliphatic heterocycles. The maximum atomic E-state index is 13.0. The number of hydrogen-bond acceptors (Lipinski definition) is 4. The number of para-hydroxylation sites is 1. The summed E-state index contributed by atoms with van der Waals surface area (Å²) in [5.74, 6) is -0.959. The van der Waals surface area contributed by atoms with Crippen molar-refractivity contribution in [1.82, 2.24) is 20.3 Å². The molecule has 0 saturated carbocycles. The number of carbonyl (C=O) groups excluding carboxylic acids is 2. The van der Waals surface area contributed by atoms with E-state index < -0.39 is 29.6 Å². The topological polar surface area (TPSA) is 114 Å². The van der Waals surface area contributed by atoms with E-state index in [1.54, 1.807) is 36.7 Å². The van der Waals surface area contributed by atoms with Gasteiger partial charge in [0.2, 0.25) is 5.91 Å². The fourth-order valence-electron chi connectivity index (χ4n) is 3.43. The molecular formula is C23H18F3N5O2. The monoisotopic (exact) mass is 453 g/mol. The van der Waals surface area contributed by atoms with Crippen molar-refractivity contribution >= 4 is 22.8 Å². The number of pyridine rings is 1. The average Bonchev–Trinajstić information content (AvgIpc) is 3.23. The van der Waals surface area contributed by atoms with Crippen LogP contribution < -0.4 is 11.1 Å². The number of nitrogens with two attached hydrogens (primary N) is 1. The van der Waals surface area contributed by atoms with Crippen molar-refractivity contribution in [3.63, 3.8) is 0 Å². The molecule has 4 aromatic rings. The van der Waals surface area contributed by atoms with Crippen LogP contribution in [0.2, 0.25) is 0 Å². The van der Waals surface area contributed by atoms with Crippen LogP contribution in [0.25, 0.3) is 22.4 Å². The van der Waals surface area contributed by atoms with Crippen LogP contribution in [-0.2, 0) is 17.4 Å². The average molecular weight is 453 g/mol. The Labute approximate surface area is 185 Å². The fraction of sp³-hybridized carbons (Fsp3) is 0.130. The lowest BCUT2D eigenvalue weighted by molar-refractivity contribution is -0.137. The van der Waals surface area contributed by atoms with Gasteiger partial charge in [0.25, 0.3) is 5.91 Å². The molecule has 7 nitrogen and oxygen atoms in total. The molecule has 0 aliphatic rings. The van der Waals surface area contributed by atoms with Crippen molar-refractivity contribution in [2.24, 2.45) is 5.73 Å². The summed E-state index contributed by atoms with van der Waals surface area (Å²) in [5.41, 5.74) is 6.73. The second-order valence-electron chi connectivity index (χ2n) is 7.35. The summed E-state index contributed by atoms with van der Waals surface area (Å²) >= 11 is 0. The Balaban J connectivity index is 1.59. The van der Waals surface area contributed by atoms with Crippen LogP contribution in [0.15, 0.2) is 67.0 Å². The van der Waals surface area contributed by atoms with Gasteiger partial charge in [0.1, 0.15) is 17.4 Å². The Morgan fingerprint density at radius 3 is 2.48 bits per heavy atom. The normalized spacial score (nSPS) is 12.5. The van der Waals surface area contributed by atoms with Gasteiger partial charge in [-0.1, -0.05) is 24.3 Å². The molecule has 0 bridgehead atoms. The predicted molar refractivity (Wildman–Crippen MR) is 115 cm³/mol. The highest BCUT2D eigenvalue weighted by molar-refractivity contribution is 6.06. The smallest absolute Gasteiger partial charge is 0.368 e. The van der Waals surface area contributed by atoms with Gasteiger partial charge in [-0.3, -0.25) is 14.6 Å². The number of alkyl halides is 3. The molecule has 1 atom stereocenters. The molecule has 2 heterocycles. The number of hydrogen-bond donors (Lipinski definition) is 3. The van der Waals surface area contributed by atoms with Gasteiger partial charge in [-0.15, -0.1) is 0 Å². The van der Waals surface area contributed by atoms with E-state index in [4.69, 9.17) is 5.73 Å². The molecule has 4 rings (SSSR count). The van der Waals surface area contributed by atoms with Gasteiger partial charge < -0.3 is 16.0 Å². The van der Waals surface area contributed by atoms with Crippen LogP contribution in [0.4, 0.5) is 13.2 Å². The molecule has 2 aromatic carbocycles. The van der Waals surface area contributed by atoms with E-state index in [-0.39, 0.29) is 17.5 Å². The molecule has 33 heavy (non-hydrogen) atoms. The molecule has 1 unspecified atom stereocenters. The number of primary amides is 1. The number of halogens is 3. The highest BCUT2D eigenvalue weighted by Crippen LogP contribution is 2.30. The van der Waals surface area contributed by atoms with E-state index in [0.29, 0.717) is 16.9 Å². The summed E-state index contributed by atoms with van der Waals surface area (Å²) in [7, 11) is 0. The second kappa shape index (κ2) is 8.73. The summed E-state index contributed by atoms with van der Waals surface area (Å²) in [5, 5.41) is 2.52. The summed E-state index contributed by atoms with van der Waals surface area (Å²) in [6.07, 6.45) is -1.49. The number of imidazole rings is 1. The zero-order valence-electron chi connectivity index (χ0n) is 17.1. The van der Waals surface area contributed by atoms with Crippen molar-refractivity contribution in [3.8, 4) is 11.4 Å². The number of aromatic nitrogens is 3. The van der Waals surface area contributed by atoms with E-state index in [0.717, 1.165) is 17.7 Å². The van der Waals surface area contributed by atoms with Crippen molar-refractivity contribution in [2.45, 2.75) is 18.6 Å². The Bertz CT molecular complexity index is 1320. The van der Waals surface area contributed by atoms with Crippen molar-refractivity contribution < 1.29 is 22.8 Å². The minimum atomic E-state index is -4.52. The zero-order valence-corrected chi connectivity index (χ0v) is 17.1. The summed E-state index contributed by atoms with van der Waals surface area (Å²) in [6, 6.07) is 11.8. The molecule has 0 radical (unpaired) electrons. The molecule has 2 aromatic heterocycles. The number of carbonyl (C=O) groups is 2. The molecule has 168 valence electrons. The van der Waals surface area contributed by atoms with E-state index in [1.807, 2.05) is 0 Å². The molecule has 0 fully saturated rings. The third-order valence-electron chi connectivity index (χ3n) is 5.05. The first-order chi connectivity index (χ1) is 15.7. The highest BCUT2D eigenvalue weighted by atomic mass is 19.4. The van der Waals surface area contributed by atoms with Gasteiger partial charge in [0.05, 0.1) is 16.6 Å². The Kier molecular flexibility index (Phi) is 5.82. The first kappa shape index (κ1) is 22.0. The van der Waals surface area contributed by atoms with E-state index >= 15 is 0 Å². The van der Waals surface area contributed by atoms with Gasteiger partial charge in [0, 0.05) is 24.4 Å². The van der Waals surface area contributed by atoms with Crippen LogP contribution >= 0.6 is 0 Å². The van der Waals surface area contributed by atoms with Gasteiger partial charge in [-0.2, -0.15) is 13.2 Å². The van der Waals surface area contributed by atoms with Gasteiger partial charge >= 0.3 is 6.18 Å². The fourth-order valence-corrected chi connectivity index (χ4v) is 3.43. The maximum Gasteiger partial charge on any atom is 0.416 e. The van der Waals surface area contributed by atoms with Gasteiger partial charge in [-0.05, 0) is 35.9 Å². The molecule has 2 amide bonds. The van der Waals surface area contributed by atoms with Crippen LogP contribution in [0.3, 0.4) is 0 Å². The first-order valence-electron chi connectivity index (χ1n) is 9.88. The van der Waals surface area contributed by atoms with Crippen LogP contribution in [0.1, 0.15) is 21.5 Å². The Morgan fingerprint density at radius 2 is 1.79 bits per heavy atom. The molecule has 0 spiro atoms. The molecule has 10 heteroatoms. The predicted octanol–water partition coefficient (Wildman–Crippen LogP) is 3.47. The van der Waals surface area contributed by atoms with Crippen LogP contribution in [0.5, 0.6) is 0 Å². The van der Waals surface area contributed by atoms with Crippen LogP contribution in [0, 0.1) is 0 Å². The number of nitrogens with zero attached hydrogens (tertiary/aromatic N) is 2. The number of benzene rings is 2. The standard InChI is InChI=1S/C23H18F3N5O2/c24-23(25,26)15-4-1-3-13(11-15)12-18(20(27)32)30-22(33)16-5-2-6-17-19(16)31-21(29-17)14-7-9-28-10-8-14/h1-11,18H,12H2,(H2,27,32)(H,29,31)(H,30,33). The second-order valence-corrected chi connectivity index (χ2v) is 7.35. The SMILES string of the molecule is NC(=O)C(Cc1cccc(C(F)(F)F)c1)NC(=O)c1cccc2[nH]c(-c3ccncc3)nc12. The van der Waals surface area contributed by atoms with Gasteiger partial charge in [-0.25, -0.2) is 4.98 Å². The number of aromatic amines is 1. The number of H-pyrrole nitrogens is 1. The molecule has 0 saturated heterocycles. The lowest BCUT2D eigenvalue weighted by Gasteiger charge is -2.17. The number of amides is 2. The van der Waals surface area contributed by atoms with Crippen molar-refractivity contribution in [3.05, 3.63) is 83.7 Å². The lowest BCUT2D eigenvalue weighted by Crippen LogP contribution is -2.45. The largest absolute Gasteiger partial charge is 0.416 e. The molecule has 0 aliphatic carbocycles. The third kappa shape index (κ3) is 4.84. The molecular weight excluding hydrogens is 435 g/mol. The maximum absolute atomic E-state index is 13.0.